The molecule has 0 radical (unpaired) electrons. The molecule has 0 bridgehead atoms. The van der Waals surface area contributed by atoms with Crippen LogP contribution in [0.2, 0.25) is 5.02 Å². The number of amides is 1. The van der Waals surface area contributed by atoms with Gasteiger partial charge in [-0.15, -0.1) is 0 Å². The van der Waals surface area contributed by atoms with Crippen LogP contribution in [0.25, 0.3) is 0 Å². The second-order valence-corrected chi connectivity index (χ2v) is 6.03. The van der Waals surface area contributed by atoms with E-state index in [1.165, 1.54) is 19.3 Å². The highest BCUT2D eigenvalue weighted by atomic mass is 35.5. The van der Waals surface area contributed by atoms with E-state index in [0.717, 1.165) is 18.8 Å². The number of anilines is 1. The third-order valence-corrected chi connectivity index (χ3v) is 4.39. The van der Waals surface area contributed by atoms with Crippen molar-refractivity contribution in [2.24, 2.45) is 11.8 Å². The Hall–Kier alpha value is -1.22. The van der Waals surface area contributed by atoms with Gasteiger partial charge in [0.05, 0.1) is 5.56 Å². The first-order valence-corrected chi connectivity index (χ1v) is 7.81. The Bertz CT molecular complexity index is 476. The van der Waals surface area contributed by atoms with Crippen LogP contribution in [0.5, 0.6) is 0 Å². The minimum absolute atomic E-state index is 0.0393. The van der Waals surface area contributed by atoms with Crippen LogP contribution < -0.4 is 10.6 Å². The standard InChI is InChI=1S/C16H23ClN2O/c1-3-18-15-8-7-13(17)9-14(15)16(20)19-10-12-6-4-5-11(12)2/h7-9,11-12,18H,3-6,10H2,1-2H3,(H,19,20). The summed E-state index contributed by atoms with van der Waals surface area (Å²) in [6, 6.07) is 5.39. The van der Waals surface area contributed by atoms with Gasteiger partial charge in [0.25, 0.3) is 5.91 Å². The van der Waals surface area contributed by atoms with E-state index < -0.39 is 0 Å². The predicted molar refractivity (Wildman–Crippen MR) is 84.5 cm³/mol. The minimum atomic E-state index is -0.0393. The molecule has 1 aromatic carbocycles. The Morgan fingerprint density at radius 3 is 2.85 bits per heavy atom. The van der Waals surface area contributed by atoms with E-state index in [1.807, 2.05) is 13.0 Å². The molecule has 0 spiro atoms. The van der Waals surface area contributed by atoms with Crippen LogP contribution in [0.3, 0.4) is 0 Å². The Balaban J connectivity index is 2.02. The smallest absolute Gasteiger partial charge is 0.253 e. The molecule has 0 aromatic heterocycles. The molecule has 0 aliphatic heterocycles. The highest BCUT2D eigenvalue weighted by Crippen LogP contribution is 2.30. The van der Waals surface area contributed by atoms with E-state index in [4.69, 9.17) is 11.6 Å². The van der Waals surface area contributed by atoms with Gasteiger partial charge in [-0.2, -0.15) is 0 Å². The number of rotatable bonds is 5. The summed E-state index contributed by atoms with van der Waals surface area (Å²) in [6.45, 7) is 5.82. The van der Waals surface area contributed by atoms with Crippen LogP contribution >= 0.6 is 11.6 Å². The summed E-state index contributed by atoms with van der Waals surface area (Å²) in [5, 5.41) is 6.85. The van der Waals surface area contributed by atoms with Crippen LogP contribution in [0.15, 0.2) is 18.2 Å². The first kappa shape index (κ1) is 15.2. The van der Waals surface area contributed by atoms with Gasteiger partial charge in [0.2, 0.25) is 0 Å². The predicted octanol–water partition coefficient (Wildman–Crippen LogP) is 3.94. The van der Waals surface area contributed by atoms with Crippen molar-refractivity contribution in [2.45, 2.75) is 33.1 Å². The fourth-order valence-electron chi connectivity index (χ4n) is 2.89. The zero-order chi connectivity index (χ0) is 14.5. The van der Waals surface area contributed by atoms with Gasteiger partial charge in [-0.1, -0.05) is 31.4 Å². The van der Waals surface area contributed by atoms with Crippen molar-refractivity contribution in [2.75, 3.05) is 18.4 Å². The minimum Gasteiger partial charge on any atom is -0.385 e. The summed E-state index contributed by atoms with van der Waals surface area (Å²) in [4.78, 5) is 12.3. The van der Waals surface area contributed by atoms with Gasteiger partial charge in [-0.3, -0.25) is 4.79 Å². The highest BCUT2D eigenvalue weighted by Gasteiger charge is 2.24. The van der Waals surface area contributed by atoms with E-state index in [1.54, 1.807) is 12.1 Å². The molecule has 0 saturated heterocycles. The van der Waals surface area contributed by atoms with Gasteiger partial charge >= 0.3 is 0 Å². The zero-order valence-electron chi connectivity index (χ0n) is 12.2. The van der Waals surface area contributed by atoms with Crippen molar-refractivity contribution in [3.63, 3.8) is 0 Å². The van der Waals surface area contributed by atoms with Crippen molar-refractivity contribution in [3.8, 4) is 0 Å². The van der Waals surface area contributed by atoms with Crippen LogP contribution in [0.1, 0.15) is 43.5 Å². The van der Waals surface area contributed by atoms with Gasteiger partial charge in [-0.25, -0.2) is 0 Å². The summed E-state index contributed by atoms with van der Waals surface area (Å²) in [5.74, 6) is 1.28. The lowest BCUT2D eigenvalue weighted by atomic mass is 9.98. The average molecular weight is 295 g/mol. The van der Waals surface area contributed by atoms with E-state index in [0.29, 0.717) is 22.4 Å². The molecule has 110 valence electrons. The van der Waals surface area contributed by atoms with Gasteiger partial charge < -0.3 is 10.6 Å². The lowest BCUT2D eigenvalue weighted by Gasteiger charge is -2.17. The van der Waals surface area contributed by atoms with Crippen LogP contribution in [-0.4, -0.2) is 19.0 Å². The quantitative estimate of drug-likeness (QED) is 0.864. The van der Waals surface area contributed by atoms with Gasteiger partial charge in [0.15, 0.2) is 0 Å². The maximum absolute atomic E-state index is 12.3. The molecular formula is C16H23ClN2O. The number of benzene rings is 1. The molecule has 3 nitrogen and oxygen atoms in total. The molecule has 1 fully saturated rings. The number of hydrogen-bond donors (Lipinski definition) is 2. The van der Waals surface area contributed by atoms with Crippen LogP contribution in [0, 0.1) is 11.8 Å². The second-order valence-electron chi connectivity index (χ2n) is 5.60. The number of halogens is 1. The fraction of sp³-hybridized carbons (Fsp3) is 0.562. The number of carbonyl (C=O) groups is 1. The summed E-state index contributed by atoms with van der Waals surface area (Å²) in [6.07, 6.45) is 3.78. The third-order valence-electron chi connectivity index (χ3n) is 4.16. The van der Waals surface area contributed by atoms with Gasteiger partial charge in [0, 0.05) is 23.8 Å². The van der Waals surface area contributed by atoms with Crippen LogP contribution in [-0.2, 0) is 0 Å². The lowest BCUT2D eigenvalue weighted by Crippen LogP contribution is -2.30. The Labute approximate surface area is 126 Å². The second kappa shape index (κ2) is 6.98. The normalized spacial score (nSPS) is 21.8. The third kappa shape index (κ3) is 3.66. The van der Waals surface area contributed by atoms with Crippen molar-refractivity contribution in [1.29, 1.82) is 0 Å². The molecule has 2 atom stereocenters. The van der Waals surface area contributed by atoms with Crippen LogP contribution in [0.4, 0.5) is 5.69 Å². The van der Waals surface area contributed by atoms with E-state index in [9.17, 15) is 4.79 Å². The monoisotopic (exact) mass is 294 g/mol. The molecule has 1 aromatic rings. The van der Waals surface area contributed by atoms with Crippen molar-refractivity contribution >= 4 is 23.2 Å². The van der Waals surface area contributed by atoms with Crippen molar-refractivity contribution in [1.82, 2.24) is 5.32 Å². The Kier molecular flexibility index (Phi) is 5.30. The Morgan fingerprint density at radius 2 is 2.20 bits per heavy atom. The molecular weight excluding hydrogens is 272 g/mol. The first-order valence-electron chi connectivity index (χ1n) is 7.43. The topological polar surface area (TPSA) is 41.1 Å². The molecule has 2 rings (SSSR count). The SMILES string of the molecule is CCNc1ccc(Cl)cc1C(=O)NCC1CCCC1C. The van der Waals surface area contributed by atoms with E-state index in [-0.39, 0.29) is 5.91 Å². The van der Waals surface area contributed by atoms with Crippen molar-refractivity contribution < 1.29 is 4.79 Å². The Morgan fingerprint density at radius 1 is 1.40 bits per heavy atom. The van der Waals surface area contributed by atoms with Gasteiger partial charge in [-0.05, 0) is 43.4 Å². The number of carbonyl (C=O) groups excluding carboxylic acids is 1. The summed E-state index contributed by atoms with van der Waals surface area (Å²) >= 11 is 6.00. The molecule has 20 heavy (non-hydrogen) atoms. The molecule has 1 aliphatic carbocycles. The summed E-state index contributed by atoms with van der Waals surface area (Å²) in [7, 11) is 0. The summed E-state index contributed by atoms with van der Waals surface area (Å²) in [5.41, 5.74) is 1.47. The average Bonchev–Trinajstić information content (AvgIpc) is 2.84. The molecule has 1 aliphatic rings. The number of nitrogens with one attached hydrogen (secondary N) is 2. The lowest BCUT2D eigenvalue weighted by molar-refractivity contribution is 0.0945. The number of hydrogen-bond acceptors (Lipinski definition) is 2. The molecule has 4 heteroatoms. The largest absolute Gasteiger partial charge is 0.385 e. The molecule has 2 N–H and O–H groups in total. The fourth-order valence-corrected chi connectivity index (χ4v) is 3.07. The molecule has 0 heterocycles. The van der Waals surface area contributed by atoms with Gasteiger partial charge in [0.1, 0.15) is 0 Å². The maximum atomic E-state index is 12.3. The summed E-state index contributed by atoms with van der Waals surface area (Å²) < 4.78 is 0. The van der Waals surface area contributed by atoms with Crippen molar-refractivity contribution in [3.05, 3.63) is 28.8 Å². The first-order chi connectivity index (χ1) is 9.61. The molecule has 1 amide bonds. The molecule has 1 saturated carbocycles. The van der Waals surface area contributed by atoms with E-state index in [2.05, 4.69) is 17.6 Å². The molecule has 2 unspecified atom stereocenters. The maximum Gasteiger partial charge on any atom is 0.253 e. The zero-order valence-corrected chi connectivity index (χ0v) is 13.0. The van der Waals surface area contributed by atoms with E-state index >= 15 is 0 Å². The highest BCUT2D eigenvalue weighted by molar-refractivity contribution is 6.31.